The van der Waals surface area contributed by atoms with Gasteiger partial charge in [0, 0.05) is 17.7 Å². The number of hydrogen-bond acceptors (Lipinski definition) is 3. The van der Waals surface area contributed by atoms with Gasteiger partial charge in [0.15, 0.2) is 0 Å². The molecule has 3 rings (SSSR count). The topological polar surface area (TPSA) is 38.1 Å². The Labute approximate surface area is 156 Å². The highest BCUT2D eigenvalue weighted by Gasteiger charge is 2.10. The largest absolute Gasteiger partial charge is 0.286 e. The third kappa shape index (κ3) is 4.09. The molecule has 0 aliphatic rings. The molecule has 0 atom stereocenters. The highest BCUT2D eigenvalue weighted by molar-refractivity contribution is 9.10. The minimum absolute atomic E-state index is 0.835. The summed E-state index contributed by atoms with van der Waals surface area (Å²) < 4.78 is 1.06. The number of nitrogens with zero attached hydrogens (tertiary/aromatic N) is 3. The standard InChI is InChI=1S/C21H18BrN3/c1-3-6-18(23-2)20-13-16(15-8-10-17(22)11-9-15)14-21(25-20)19-7-4-5-12-24-19/h3-14H,1-2H3/b6-3-,23-18?. The molecular weight excluding hydrogens is 374 g/mol. The van der Waals surface area contributed by atoms with Crippen molar-refractivity contribution in [2.75, 3.05) is 7.05 Å². The van der Waals surface area contributed by atoms with Gasteiger partial charge in [-0.15, -0.1) is 0 Å². The van der Waals surface area contributed by atoms with Crippen molar-refractivity contribution < 1.29 is 0 Å². The first-order chi connectivity index (χ1) is 12.2. The lowest BCUT2D eigenvalue weighted by molar-refractivity contribution is 1.23. The quantitative estimate of drug-likeness (QED) is 0.545. The summed E-state index contributed by atoms with van der Waals surface area (Å²) in [6, 6.07) is 18.2. The van der Waals surface area contributed by atoms with Crippen LogP contribution in [-0.2, 0) is 0 Å². The van der Waals surface area contributed by atoms with Gasteiger partial charge in [-0.2, -0.15) is 0 Å². The lowest BCUT2D eigenvalue weighted by Gasteiger charge is -2.09. The maximum atomic E-state index is 4.78. The smallest absolute Gasteiger partial charge is 0.0900 e. The summed E-state index contributed by atoms with van der Waals surface area (Å²) >= 11 is 3.49. The molecule has 0 bridgehead atoms. The van der Waals surface area contributed by atoms with Gasteiger partial charge in [0.2, 0.25) is 0 Å². The second-order valence-electron chi connectivity index (χ2n) is 5.46. The van der Waals surface area contributed by atoms with Crippen molar-refractivity contribution in [1.82, 2.24) is 9.97 Å². The Morgan fingerprint density at radius 2 is 1.80 bits per heavy atom. The number of pyridine rings is 2. The molecule has 3 nitrogen and oxygen atoms in total. The van der Waals surface area contributed by atoms with Crippen LogP contribution in [0.25, 0.3) is 22.5 Å². The maximum Gasteiger partial charge on any atom is 0.0900 e. The molecule has 25 heavy (non-hydrogen) atoms. The van der Waals surface area contributed by atoms with Crippen LogP contribution in [-0.4, -0.2) is 22.7 Å². The molecule has 0 aliphatic heterocycles. The van der Waals surface area contributed by atoms with Gasteiger partial charge < -0.3 is 0 Å². The molecule has 0 spiro atoms. The van der Waals surface area contributed by atoms with Gasteiger partial charge in [-0.25, -0.2) is 4.98 Å². The Kier molecular flexibility index (Phi) is 5.51. The van der Waals surface area contributed by atoms with Gasteiger partial charge in [0.1, 0.15) is 0 Å². The average Bonchev–Trinajstić information content (AvgIpc) is 2.67. The number of aliphatic imine (C=N–C) groups is 1. The summed E-state index contributed by atoms with van der Waals surface area (Å²) in [5, 5.41) is 0. The monoisotopic (exact) mass is 391 g/mol. The zero-order valence-electron chi connectivity index (χ0n) is 14.1. The fourth-order valence-corrected chi connectivity index (χ4v) is 2.81. The van der Waals surface area contributed by atoms with Crippen molar-refractivity contribution in [3.05, 3.63) is 83.1 Å². The van der Waals surface area contributed by atoms with Gasteiger partial charge in [0.25, 0.3) is 0 Å². The van der Waals surface area contributed by atoms with E-state index in [2.05, 4.69) is 50.2 Å². The molecule has 0 amide bonds. The van der Waals surface area contributed by atoms with Crippen molar-refractivity contribution in [2.24, 2.45) is 4.99 Å². The minimum Gasteiger partial charge on any atom is -0.286 e. The fraction of sp³-hybridized carbons (Fsp3) is 0.0952. The minimum atomic E-state index is 0.835. The molecule has 3 aromatic rings. The predicted molar refractivity (Wildman–Crippen MR) is 108 cm³/mol. The normalized spacial score (nSPS) is 11.9. The molecule has 0 unspecified atom stereocenters. The second-order valence-corrected chi connectivity index (χ2v) is 6.37. The number of hydrogen-bond donors (Lipinski definition) is 0. The van der Waals surface area contributed by atoms with Gasteiger partial charge >= 0.3 is 0 Å². The second kappa shape index (κ2) is 7.99. The zero-order valence-corrected chi connectivity index (χ0v) is 15.7. The first-order valence-corrected chi connectivity index (χ1v) is 8.80. The molecule has 0 fully saturated rings. The molecular formula is C21H18BrN3. The van der Waals surface area contributed by atoms with Gasteiger partial charge in [-0.1, -0.05) is 40.2 Å². The molecule has 2 aromatic heterocycles. The van der Waals surface area contributed by atoms with Gasteiger partial charge in [-0.05, 0) is 60.5 Å². The summed E-state index contributed by atoms with van der Waals surface area (Å²) in [6.07, 6.45) is 5.72. The van der Waals surface area contributed by atoms with Crippen molar-refractivity contribution >= 4 is 21.6 Å². The first-order valence-electron chi connectivity index (χ1n) is 8.00. The molecule has 1 aromatic carbocycles. The number of halogens is 1. The van der Waals surface area contributed by atoms with E-state index in [0.29, 0.717) is 0 Å². The van der Waals surface area contributed by atoms with Crippen LogP contribution in [0.3, 0.4) is 0 Å². The fourth-order valence-electron chi connectivity index (χ4n) is 2.55. The lowest BCUT2D eigenvalue weighted by atomic mass is 10.0. The van der Waals surface area contributed by atoms with Crippen molar-refractivity contribution in [2.45, 2.75) is 6.92 Å². The van der Waals surface area contributed by atoms with Crippen molar-refractivity contribution in [3.8, 4) is 22.5 Å². The van der Waals surface area contributed by atoms with Crippen LogP contribution >= 0.6 is 15.9 Å². The number of aromatic nitrogens is 2. The summed E-state index contributed by atoms with van der Waals surface area (Å²) in [5.41, 5.74) is 5.57. The molecule has 124 valence electrons. The molecule has 0 aliphatic carbocycles. The molecule has 0 radical (unpaired) electrons. The van der Waals surface area contributed by atoms with Crippen molar-refractivity contribution in [1.29, 1.82) is 0 Å². The van der Waals surface area contributed by atoms with E-state index in [0.717, 1.165) is 38.4 Å². The van der Waals surface area contributed by atoms with Crippen LogP contribution in [0, 0.1) is 0 Å². The third-order valence-corrected chi connectivity index (χ3v) is 4.29. The highest BCUT2D eigenvalue weighted by Crippen LogP contribution is 2.26. The van der Waals surface area contributed by atoms with E-state index in [1.165, 1.54) is 0 Å². The molecule has 0 saturated carbocycles. The summed E-state index contributed by atoms with van der Waals surface area (Å²) in [4.78, 5) is 13.6. The van der Waals surface area contributed by atoms with E-state index in [-0.39, 0.29) is 0 Å². The molecule has 0 saturated heterocycles. The maximum absolute atomic E-state index is 4.78. The zero-order chi connectivity index (χ0) is 17.6. The Morgan fingerprint density at radius 1 is 1.00 bits per heavy atom. The van der Waals surface area contributed by atoms with E-state index < -0.39 is 0 Å². The summed E-state index contributed by atoms with van der Waals surface area (Å²) in [7, 11) is 1.78. The lowest BCUT2D eigenvalue weighted by Crippen LogP contribution is -2.03. The number of rotatable bonds is 4. The van der Waals surface area contributed by atoms with Gasteiger partial charge in [0.05, 0.1) is 22.8 Å². The van der Waals surface area contributed by atoms with Crippen LogP contribution < -0.4 is 0 Å². The van der Waals surface area contributed by atoms with Crippen molar-refractivity contribution in [3.63, 3.8) is 0 Å². The van der Waals surface area contributed by atoms with E-state index >= 15 is 0 Å². The first kappa shape index (κ1) is 17.2. The van der Waals surface area contributed by atoms with E-state index in [4.69, 9.17) is 4.98 Å². The van der Waals surface area contributed by atoms with Crippen LogP contribution in [0.1, 0.15) is 12.6 Å². The number of allylic oxidation sites excluding steroid dienone is 2. The average molecular weight is 392 g/mol. The molecule has 4 heteroatoms. The third-order valence-electron chi connectivity index (χ3n) is 3.76. The SMILES string of the molecule is C/C=C\C(=NC)c1cc(-c2ccc(Br)cc2)cc(-c2ccccn2)n1. The summed E-state index contributed by atoms with van der Waals surface area (Å²) in [6.45, 7) is 1.98. The van der Waals surface area contributed by atoms with E-state index in [1.807, 2.05) is 49.4 Å². The number of benzene rings is 1. The Balaban J connectivity index is 2.19. The van der Waals surface area contributed by atoms with Crippen LogP contribution in [0.5, 0.6) is 0 Å². The van der Waals surface area contributed by atoms with Gasteiger partial charge in [-0.3, -0.25) is 9.98 Å². The molecule has 0 N–H and O–H groups in total. The predicted octanol–water partition coefficient (Wildman–Crippen LogP) is 5.57. The van der Waals surface area contributed by atoms with E-state index in [1.54, 1.807) is 13.2 Å². The van der Waals surface area contributed by atoms with Crippen LogP contribution in [0.2, 0.25) is 0 Å². The van der Waals surface area contributed by atoms with E-state index in [9.17, 15) is 0 Å². The highest BCUT2D eigenvalue weighted by atomic mass is 79.9. The summed E-state index contributed by atoms with van der Waals surface area (Å²) in [5.74, 6) is 0. The van der Waals surface area contributed by atoms with Crippen LogP contribution in [0.4, 0.5) is 0 Å². The Bertz CT molecular complexity index is 914. The van der Waals surface area contributed by atoms with Crippen LogP contribution in [0.15, 0.2) is 82.4 Å². The Hall–Kier alpha value is -2.59. The Morgan fingerprint density at radius 3 is 2.44 bits per heavy atom. The molecule has 2 heterocycles.